The van der Waals surface area contributed by atoms with E-state index in [-0.39, 0.29) is 11.6 Å². The molecule has 0 spiro atoms. The first-order valence-corrected chi connectivity index (χ1v) is 5.69. The minimum atomic E-state index is -1.42. The van der Waals surface area contributed by atoms with Crippen molar-refractivity contribution < 1.29 is 13.2 Å². The number of hydrogen-bond acceptors (Lipinski definition) is 1. The highest BCUT2D eigenvalue weighted by Gasteiger charge is 2.18. The topological polar surface area (TPSA) is 26.0 Å². The molecule has 1 atom stereocenters. The van der Waals surface area contributed by atoms with Crippen LogP contribution in [-0.4, -0.2) is 6.04 Å². The molecule has 4 heteroatoms. The zero-order valence-corrected chi connectivity index (χ0v) is 9.35. The molecule has 0 aromatic heterocycles. The monoisotopic (exact) mass is 241 g/mol. The Bertz CT molecular complexity index is 454. The standard InChI is InChI=1S/C13H14F3N/c14-11-6-5-10(12(15)13(11)16)8-3-1-2-4-9(17)7-8/h5-7,9H,1-4,17H2. The van der Waals surface area contributed by atoms with Crippen molar-refractivity contribution in [3.63, 3.8) is 0 Å². The van der Waals surface area contributed by atoms with E-state index in [2.05, 4.69) is 0 Å². The van der Waals surface area contributed by atoms with Crippen LogP contribution < -0.4 is 5.73 Å². The van der Waals surface area contributed by atoms with Crippen LogP contribution in [0.25, 0.3) is 5.57 Å². The Morgan fingerprint density at radius 3 is 2.59 bits per heavy atom. The first-order chi connectivity index (χ1) is 8.09. The molecule has 0 radical (unpaired) electrons. The molecule has 0 bridgehead atoms. The van der Waals surface area contributed by atoms with E-state index in [4.69, 9.17) is 5.73 Å². The van der Waals surface area contributed by atoms with E-state index in [0.29, 0.717) is 12.0 Å². The van der Waals surface area contributed by atoms with Crippen molar-refractivity contribution in [2.75, 3.05) is 0 Å². The van der Waals surface area contributed by atoms with Gasteiger partial charge < -0.3 is 5.73 Å². The Labute approximate surface area is 98.1 Å². The zero-order valence-electron chi connectivity index (χ0n) is 9.35. The third-order valence-electron chi connectivity index (χ3n) is 3.03. The predicted octanol–water partition coefficient (Wildman–Crippen LogP) is 3.39. The molecule has 1 unspecified atom stereocenters. The molecule has 1 aromatic rings. The maximum absolute atomic E-state index is 13.6. The normalized spacial score (nSPS) is 20.9. The number of nitrogens with two attached hydrogens (primary N) is 1. The van der Waals surface area contributed by atoms with Gasteiger partial charge >= 0.3 is 0 Å². The summed E-state index contributed by atoms with van der Waals surface area (Å²) in [6.45, 7) is 0. The van der Waals surface area contributed by atoms with E-state index in [1.54, 1.807) is 6.08 Å². The summed E-state index contributed by atoms with van der Waals surface area (Å²) < 4.78 is 39.6. The van der Waals surface area contributed by atoms with Gasteiger partial charge in [-0.2, -0.15) is 0 Å². The van der Waals surface area contributed by atoms with E-state index >= 15 is 0 Å². The fraction of sp³-hybridized carbons (Fsp3) is 0.385. The second kappa shape index (κ2) is 4.92. The lowest BCUT2D eigenvalue weighted by Crippen LogP contribution is -2.15. The summed E-state index contributed by atoms with van der Waals surface area (Å²) in [5.41, 5.74) is 6.61. The largest absolute Gasteiger partial charge is 0.324 e. The van der Waals surface area contributed by atoms with Gasteiger partial charge in [0.1, 0.15) is 0 Å². The van der Waals surface area contributed by atoms with Gasteiger partial charge in [-0.1, -0.05) is 12.5 Å². The third kappa shape index (κ3) is 2.52. The minimum absolute atomic E-state index is 0.126. The number of halogens is 3. The summed E-state index contributed by atoms with van der Waals surface area (Å²) in [5, 5.41) is 0. The van der Waals surface area contributed by atoms with Gasteiger partial charge in [0.25, 0.3) is 0 Å². The van der Waals surface area contributed by atoms with Crippen LogP contribution in [0.3, 0.4) is 0 Å². The summed E-state index contributed by atoms with van der Waals surface area (Å²) in [4.78, 5) is 0. The quantitative estimate of drug-likeness (QED) is 0.749. The number of hydrogen-bond donors (Lipinski definition) is 1. The van der Waals surface area contributed by atoms with Gasteiger partial charge in [-0.25, -0.2) is 13.2 Å². The van der Waals surface area contributed by atoms with Crippen LogP contribution in [0.5, 0.6) is 0 Å². The molecule has 0 fully saturated rings. The van der Waals surface area contributed by atoms with Crippen molar-refractivity contribution in [1.82, 2.24) is 0 Å². The number of allylic oxidation sites excluding steroid dienone is 1. The Hall–Kier alpha value is -1.29. The summed E-state index contributed by atoms with van der Waals surface area (Å²) in [6.07, 6.45) is 5.09. The van der Waals surface area contributed by atoms with Crippen LogP contribution in [0.2, 0.25) is 0 Å². The van der Waals surface area contributed by atoms with Crippen molar-refractivity contribution in [1.29, 1.82) is 0 Å². The second-order valence-electron chi connectivity index (χ2n) is 4.32. The van der Waals surface area contributed by atoms with Crippen molar-refractivity contribution in [2.45, 2.75) is 31.7 Å². The molecule has 0 heterocycles. The van der Waals surface area contributed by atoms with Gasteiger partial charge in [0.2, 0.25) is 0 Å². The van der Waals surface area contributed by atoms with Crippen LogP contribution in [0, 0.1) is 17.5 Å². The minimum Gasteiger partial charge on any atom is -0.324 e. The van der Waals surface area contributed by atoms with Crippen LogP contribution in [0.4, 0.5) is 13.2 Å². The summed E-state index contributed by atoms with van der Waals surface area (Å²) >= 11 is 0. The van der Waals surface area contributed by atoms with Gasteiger partial charge in [0, 0.05) is 11.6 Å². The lowest BCUT2D eigenvalue weighted by Gasteiger charge is -2.09. The van der Waals surface area contributed by atoms with Crippen LogP contribution in [-0.2, 0) is 0 Å². The SMILES string of the molecule is NC1C=C(c2ccc(F)c(F)c2F)CCCC1. The van der Waals surface area contributed by atoms with Crippen molar-refractivity contribution in [3.8, 4) is 0 Å². The van der Waals surface area contributed by atoms with Gasteiger partial charge in [-0.05, 0) is 37.0 Å². The Kier molecular flexibility index (Phi) is 3.52. The molecule has 17 heavy (non-hydrogen) atoms. The maximum Gasteiger partial charge on any atom is 0.195 e. The molecule has 1 aromatic carbocycles. The Balaban J connectivity index is 2.42. The molecule has 2 rings (SSSR count). The lowest BCUT2D eigenvalue weighted by molar-refractivity contribution is 0.445. The number of benzene rings is 1. The molecule has 0 saturated carbocycles. The molecule has 1 aliphatic carbocycles. The second-order valence-corrected chi connectivity index (χ2v) is 4.32. The fourth-order valence-electron chi connectivity index (χ4n) is 2.12. The van der Waals surface area contributed by atoms with Crippen LogP contribution >= 0.6 is 0 Å². The molecular weight excluding hydrogens is 227 g/mol. The molecule has 0 aliphatic heterocycles. The smallest absolute Gasteiger partial charge is 0.195 e. The molecule has 1 aliphatic rings. The van der Waals surface area contributed by atoms with E-state index in [1.165, 1.54) is 6.07 Å². The van der Waals surface area contributed by atoms with E-state index in [1.807, 2.05) is 0 Å². The van der Waals surface area contributed by atoms with Crippen molar-refractivity contribution in [2.24, 2.45) is 5.73 Å². The van der Waals surface area contributed by atoms with Crippen LogP contribution in [0.15, 0.2) is 18.2 Å². The first-order valence-electron chi connectivity index (χ1n) is 5.69. The summed E-state index contributed by atoms with van der Waals surface area (Å²) in [7, 11) is 0. The average Bonchev–Trinajstić information content (AvgIpc) is 2.51. The molecular formula is C13H14F3N. The van der Waals surface area contributed by atoms with E-state index < -0.39 is 17.5 Å². The molecule has 1 nitrogen and oxygen atoms in total. The fourth-order valence-corrected chi connectivity index (χ4v) is 2.12. The van der Waals surface area contributed by atoms with Gasteiger partial charge in [-0.15, -0.1) is 0 Å². The van der Waals surface area contributed by atoms with Gasteiger partial charge in [-0.3, -0.25) is 0 Å². The summed E-state index contributed by atoms with van der Waals surface area (Å²) in [6, 6.07) is 2.09. The summed E-state index contributed by atoms with van der Waals surface area (Å²) in [5.74, 6) is -3.70. The highest BCUT2D eigenvalue weighted by atomic mass is 19.2. The van der Waals surface area contributed by atoms with Crippen LogP contribution in [0.1, 0.15) is 31.2 Å². The highest BCUT2D eigenvalue weighted by Crippen LogP contribution is 2.29. The van der Waals surface area contributed by atoms with E-state index in [9.17, 15) is 13.2 Å². The van der Waals surface area contributed by atoms with Gasteiger partial charge in [0.15, 0.2) is 17.5 Å². The molecule has 0 saturated heterocycles. The Morgan fingerprint density at radius 1 is 1.06 bits per heavy atom. The third-order valence-corrected chi connectivity index (χ3v) is 3.03. The first kappa shape index (κ1) is 12.2. The van der Waals surface area contributed by atoms with Gasteiger partial charge in [0.05, 0.1) is 0 Å². The molecule has 0 amide bonds. The lowest BCUT2D eigenvalue weighted by atomic mass is 10.00. The Morgan fingerprint density at radius 2 is 1.82 bits per heavy atom. The predicted molar refractivity (Wildman–Crippen MR) is 60.7 cm³/mol. The number of rotatable bonds is 1. The van der Waals surface area contributed by atoms with E-state index in [0.717, 1.165) is 25.3 Å². The zero-order chi connectivity index (χ0) is 12.4. The van der Waals surface area contributed by atoms with Crippen molar-refractivity contribution >= 4 is 5.57 Å². The highest BCUT2D eigenvalue weighted by molar-refractivity contribution is 5.67. The molecule has 92 valence electrons. The maximum atomic E-state index is 13.6. The van der Waals surface area contributed by atoms with Crippen molar-refractivity contribution in [3.05, 3.63) is 41.2 Å². The molecule has 2 N–H and O–H groups in total. The average molecular weight is 241 g/mol.